The zero-order chi connectivity index (χ0) is 19.1. The topological polar surface area (TPSA) is 95.6 Å². The zero-order valence-electron chi connectivity index (χ0n) is 15.2. The summed E-state index contributed by atoms with van der Waals surface area (Å²) in [6, 6.07) is 10.8. The summed E-state index contributed by atoms with van der Waals surface area (Å²) in [7, 11) is 0. The van der Waals surface area contributed by atoms with Crippen molar-refractivity contribution in [1.29, 1.82) is 0 Å². The molecule has 0 spiro atoms. The van der Waals surface area contributed by atoms with Crippen LogP contribution in [0.4, 0.5) is 22.0 Å². The molecule has 3 N–H and O–H groups in total. The van der Waals surface area contributed by atoms with Gasteiger partial charge in [-0.1, -0.05) is 18.2 Å². The molecule has 1 aliphatic rings. The van der Waals surface area contributed by atoms with Gasteiger partial charge in [0, 0.05) is 37.6 Å². The van der Waals surface area contributed by atoms with E-state index in [1.807, 2.05) is 37.3 Å². The molecule has 0 aliphatic carbocycles. The Labute approximate surface area is 157 Å². The van der Waals surface area contributed by atoms with Crippen molar-refractivity contribution < 1.29 is 14.3 Å². The first-order valence-electron chi connectivity index (χ1n) is 8.91. The Balaban J connectivity index is 1.88. The number of aromatic nitrogens is 1. The number of anilines is 3. The van der Waals surface area contributed by atoms with E-state index in [1.165, 1.54) is 6.20 Å². The minimum Gasteiger partial charge on any atom is -0.378 e. The maximum absolute atomic E-state index is 12.9. The van der Waals surface area contributed by atoms with Crippen LogP contribution in [0.5, 0.6) is 0 Å². The summed E-state index contributed by atoms with van der Waals surface area (Å²) < 4.78 is 5.32. The van der Waals surface area contributed by atoms with Gasteiger partial charge >= 0.3 is 6.03 Å². The molecular formula is C19H23N5O3. The van der Waals surface area contributed by atoms with Gasteiger partial charge in [0.1, 0.15) is 5.82 Å². The lowest BCUT2D eigenvalue weighted by molar-refractivity contribution is 0.0303. The molecule has 1 aromatic heterocycles. The molecule has 2 heterocycles. The average Bonchev–Trinajstić information content (AvgIpc) is 2.69. The number of carbonyl (C=O) groups excluding carboxylic acids is 2. The molecule has 2 aromatic rings. The monoisotopic (exact) mass is 369 g/mol. The molecule has 1 aliphatic heterocycles. The van der Waals surface area contributed by atoms with E-state index in [9.17, 15) is 9.59 Å². The predicted octanol–water partition coefficient (Wildman–Crippen LogP) is 2.44. The minimum absolute atomic E-state index is 0.117. The number of pyridine rings is 1. The Morgan fingerprint density at radius 3 is 2.63 bits per heavy atom. The van der Waals surface area contributed by atoms with Gasteiger partial charge in [0.05, 0.1) is 24.5 Å². The number of ether oxygens (including phenoxy) is 1. The standard InChI is InChI=1S/C19H23N5O3/c1-2-20-19(26)23-17-12-16(22-14-6-4-3-5-7-14)15(13-21-17)18(25)24-8-10-27-11-9-24/h3-7,12-13H,2,8-11H2,1H3,(H3,20,21,22,23,26). The van der Waals surface area contributed by atoms with Crippen LogP contribution in [0, 0.1) is 0 Å². The minimum atomic E-state index is -0.345. The van der Waals surface area contributed by atoms with Crippen molar-refractivity contribution in [2.75, 3.05) is 43.5 Å². The van der Waals surface area contributed by atoms with Gasteiger partial charge in [-0.3, -0.25) is 10.1 Å². The van der Waals surface area contributed by atoms with E-state index in [1.54, 1.807) is 11.0 Å². The molecule has 27 heavy (non-hydrogen) atoms. The number of amides is 3. The van der Waals surface area contributed by atoms with Crippen molar-refractivity contribution in [3.05, 3.63) is 48.2 Å². The zero-order valence-corrected chi connectivity index (χ0v) is 15.2. The molecule has 1 fully saturated rings. The molecule has 8 nitrogen and oxygen atoms in total. The summed E-state index contributed by atoms with van der Waals surface area (Å²) in [6.45, 7) is 4.48. The van der Waals surface area contributed by atoms with Crippen LogP contribution >= 0.6 is 0 Å². The van der Waals surface area contributed by atoms with Gasteiger partial charge in [-0.15, -0.1) is 0 Å². The van der Waals surface area contributed by atoms with E-state index >= 15 is 0 Å². The lowest BCUT2D eigenvalue weighted by atomic mass is 10.1. The molecule has 142 valence electrons. The van der Waals surface area contributed by atoms with Gasteiger partial charge in [-0.2, -0.15) is 0 Å². The maximum Gasteiger partial charge on any atom is 0.320 e. The van der Waals surface area contributed by atoms with E-state index in [0.29, 0.717) is 49.9 Å². The van der Waals surface area contributed by atoms with Crippen LogP contribution in [0.2, 0.25) is 0 Å². The SMILES string of the molecule is CCNC(=O)Nc1cc(Nc2ccccc2)c(C(=O)N2CCOCC2)cn1. The molecule has 8 heteroatoms. The van der Waals surface area contributed by atoms with Crippen LogP contribution in [-0.2, 0) is 4.74 Å². The highest BCUT2D eigenvalue weighted by Crippen LogP contribution is 2.25. The number of urea groups is 1. The van der Waals surface area contributed by atoms with Gasteiger partial charge < -0.3 is 20.3 Å². The summed E-state index contributed by atoms with van der Waals surface area (Å²) >= 11 is 0. The van der Waals surface area contributed by atoms with E-state index in [0.717, 1.165) is 5.69 Å². The van der Waals surface area contributed by atoms with Gasteiger partial charge in [0.15, 0.2) is 0 Å². The third kappa shape index (κ3) is 4.95. The molecule has 1 aromatic carbocycles. The van der Waals surface area contributed by atoms with E-state index < -0.39 is 0 Å². The van der Waals surface area contributed by atoms with Crippen LogP contribution in [0.15, 0.2) is 42.6 Å². The molecule has 0 radical (unpaired) electrons. The Morgan fingerprint density at radius 1 is 1.19 bits per heavy atom. The number of nitrogens with zero attached hydrogens (tertiary/aromatic N) is 2. The van der Waals surface area contributed by atoms with Gasteiger partial charge in [0.2, 0.25) is 0 Å². The van der Waals surface area contributed by atoms with Crippen LogP contribution < -0.4 is 16.0 Å². The fourth-order valence-electron chi connectivity index (χ4n) is 2.73. The number of hydrogen-bond donors (Lipinski definition) is 3. The summed E-state index contributed by atoms with van der Waals surface area (Å²) in [5, 5.41) is 8.57. The third-order valence-corrected chi connectivity index (χ3v) is 4.06. The molecule has 0 atom stereocenters. The van der Waals surface area contributed by atoms with Crippen LogP contribution in [0.1, 0.15) is 17.3 Å². The largest absolute Gasteiger partial charge is 0.378 e. The smallest absolute Gasteiger partial charge is 0.320 e. The molecule has 0 bridgehead atoms. The molecule has 3 rings (SSSR count). The second-order valence-electron chi connectivity index (χ2n) is 6.00. The fraction of sp³-hybridized carbons (Fsp3) is 0.316. The number of carbonyl (C=O) groups is 2. The van der Waals surface area contributed by atoms with Crippen LogP contribution in [-0.4, -0.2) is 54.7 Å². The molecule has 3 amide bonds. The average molecular weight is 369 g/mol. The second-order valence-corrected chi connectivity index (χ2v) is 6.00. The van der Waals surface area contributed by atoms with Gasteiger partial charge in [-0.25, -0.2) is 9.78 Å². The molecule has 0 saturated carbocycles. The van der Waals surface area contributed by atoms with Crippen LogP contribution in [0.3, 0.4) is 0 Å². The van der Waals surface area contributed by atoms with Gasteiger partial charge in [0.25, 0.3) is 5.91 Å². The first-order chi connectivity index (χ1) is 13.2. The second kappa shape index (κ2) is 9.00. The predicted molar refractivity (Wildman–Crippen MR) is 103 cm³/mol. The summed E-state index contributed by atoms with van der Waals surface area (Å²) in [4.78, 5) is 30.7. The van der Waals surface area contributed by atoms with Gasteiger partial charge in [-0.05, 0) is 19.1 Å². The first kappa shape index (κ1) is 18.7. The van der Waals surface area contributed by atoms with Crippen molar-refractivity contribution >= 4 is 29.1 Å². The van der Waals surface area contributed by atoms with Crippen molar-refractivity contribution in [3.8, 4) is 0 Å². The number of para-hydroxylation sites is 1. The molecular weight excluding hydrogens is 346 g/mol. The lowest BCUT2D eigenvalue weighted by Gasteiger charge is -2.27. The number of hydrogen-bond acceptors (Lipinski definition) is 5. The first-order valence-corrected chi connectivity index (χ1v) is 8.91. The quantitative estimate of drug-likeness (QED) is 0.752. The molecule has 0 unspecified atom stereocenters. The Morgan fingerprint density at radius 2 is 1.93 bits per heavy atom. The summed E-state index contributed by atoms with van der Waals surface area (Å²) in [5.74, 6) is 0.242. The lowest BCUT2D eigenvalue weighted by Crippen LogP contribution is -2.41. The summed E-state index contributed by atoms with van der Waals surface area (Å²) in [6.07, 6.45) is 1.49. The maximum atomic E-state index is 12.9. The van der Waals surface area contributed by atoms with Crippen molar-refractivity contribution in [1.82, 2.24) is 15.2 Å². The Kier molecular flexibility index (Phi) is 6.22. The summed E-state index contributed by atoms with van der Waals surface area (Å²) in [5.41, 5.74) is 1.87. The van der Waals surface area contributed by atoms with Crippen LogP contribution in [0.25, 0.3) is 0 Å². The highest BCUT2D eigenvalue weighted by atomic mass is 16.5. The number of morpholine rings is 1. The number of rotatable bonds is 5. The van der Waals surface area contributed by atoms with E-state index in [4.69, 9.17) is 4.74 Å². The van der Waals surface area contributed by atoms with Crippen molar-refractivity contribution in [2.24, 2.45) is 0 Å². The third-order valence-electron chi connectivity index (χ3n) is 4.06. The normalized spacial score (nSPS) is 13.7. The highest BCUT2D eigenvalue weighted by Gasteiger charge is 2.22. The van der Waals surface area contributed by atoms with E-state index in [-0.39, 0.29) is 11.9 Å². The molecule has 1 saturated heterocycles. The Bertz CT molecular complexity index is 791. The Hall–Kier alpha value is -3.13. The number of nitrogens with one attached hydrogen (secondary N) is 3. The van der Waals surface area contributed by atoms with E-state index in [2.05, 4.69) is 20.9 Å². The van der Waals surface area contributed by atoms with Crippen molar-refractivity contribution in [2.45, 2.75) is 6.92 Å². The van der Waals surface area contributed by atoms with Crippen molar-refractivity contribution in [3.63, 3.8) is 0 Å². The highest BCUT2D eigenvalue weighted by molar-refractivity contribution is 6.01. The fourth-order valence-corrected chi connectivity index (χ4v) is 2.73. The number of benzene rings is 1.